The van der Waals surface area contributed by atoms with Crippen LogP contribution in [-0.2, 0) is 4.79 Å². The number of anilines is 1. The third-order valence-electron chi connectivity index (χ3n) is 4.87. The molecule has 0 aliphatic carbocycles. The third kappa shape index (κ3) is 4.93. The predicted molar refractivity (Wildman–Crippen MR) is 117 cm³/mol. The first-order chi connectivity index (χ1) is 15.2. The summed E-state index contributed by atoms with van der Waals surface area (Å²) in [4.78, 5) is 37.2. The maximum absolute atomic E-state index is 12.5. The Morgan fingerprint density at radius 3 is 2.28 bits per heavy atom. The highest BCUT2D eigenvalue weighted by Crippen LogP contribution is 2.38. The molecule has 32 heavy (non-hydrogen) atoms. The third-order valence-corrected chi connectivity index (χ3v) is 4.87. The van der Waals surface area contributed by atoms with Gasteiger partial charge < -0.3 is 29.6 Å². The van der Waals surface area contributed by atoms with Crippen LogP contribution in [0.3, 0.4) is 0 Å². The Bertz CT molecular complexity index is 1040. The quantitative estimate of drug-likeness (QED) is 0.678. The molecule has 1 heterocycles. The molecular formula is C23H26N2O7. The minimum absolute atomic E-state index is 0.0527. The molecule has 0 saturated heterocycles. The Labute approximate surface area is 186 Å². The Hall–Kier alpha value is -3.75. The summed E-state index contributed by atoms with van der Waals surface area (Å²) in [5.41, 5.74) is 0.536. The van der Waals surface area contributed by atoms with Gasteiger partial charge in [-0.15, -0.1) is 0 Å². The molecule has 9 heteroatoms. The molecule has 0 spiro atoms. The lowest BCUT2D eigenvalue weighted by Crippen LogP contribution is -2.36. The van der Waals surface area contributed by atoms with Crippen molar-refractivity contribution in [2.45, 2.75) is 25.9 Å². The minimum Gasteiger partial charge on any atom is -0.493 e. The van der Waals surface area contributed by atoms with E-state index in [9.17, 15) is 14.4 Å². The Morgan fingerprint density at radius 2 is 1.69 bits per heavy atom. The van der Waals surface area contributed by atoms with Crippen LogP contribution in [0.2, 0.25) is 0 Å². The minimum atomic E-state index is -0.564. The molecule has 0 fully saturated rings. The topological polar surface area (TPSA) is 112 Å². The number of amides is 2. The summed E-state index contributed by atoms with van der Waals surface area (Å²) in [6, 6.07) is 7.85. The van der Waals surface area contributed by atoms with E-state index < -0.39 is 17.4 Å². The monoisotopic (exact) mass is 442 g/mol. The van der Waals surface area contributed by atoms with Crippen LogP contribution < -0.4 is 29.6 Å². The van der Waals surface area contributed by atoms with Crippen molar-refractivity contribution in [2.75, 3.05) is 33.2 Å². The SMILES string of the molecule is COc1cc(C(=O)NCC(=O)Nc2ccc3c(c2)C(=O)CC(C)(C)O3)cc(OC)c1OC. The van der Waals surface area contributed by atoms with E-state index in [-0.39, 0.29) is 24.3 Å². The van der Waals surface area contributed by atoms with Gasteiger partial charge in [0, 0.05) is 11.3 Å². The largest absolute Gasteiger partial charge is 0.493 e. The summed E-state index contributed by atoms with van der Waals surface area (Å²) in [7, 11) is 4.36. The van der Waals surface area contributed by atoms with Gasteiger partial charge in [0.05, 0.1) is 39.9 Å². The molecule has 2 aromatic rings. The number of nitrogens with one attached hydrogen (secondary N) is 2. The molecule has 0 unspecified atom stereocenters. The Morgan fingerprint density at radius 1 is 1.03 bits per heavy atom. The second-order valence-electron chi connectivity index (χ2n) is 7.82. The summed E-state index contributed by atoms with van der Waals surface area (Å²) < 4.78 is 21.5. The first-order valence-electron chi connectivity index (χ1n) is 9.91. The van der Waals surface area contributed by atoms with Crippen LogP contribution in [0.25, 0.3) is 0 Å². The first-order valence-corrected chi connectivity index (χ1v) is 9.91. The van der Waals surface area contributed by atoms with Crippen LogP contribution in [0.15, 0.2) is 30.3 Å². The summed E-state index contributed by atoms with van der Waals surface area (Å²) in [6.07, 6.45) is 0.252. The molecule has 2 N–H and O–H groups in total. The molecule has 1 aliphatic heterocycles. The average Bonchev–Trinajstić information content (AvgIpc) is 2.76. The molecule has 170 valence electrons. The van der Waals surface area contributed by atoms with Gasteiger partial charge in [0.15, 0.2) is 17.3 Å². The Kier molecular flexibility index (Phi) is 6.57. The molecule has 0 saturated carbocycles. The first kappa shape index (κ1) is 22.9. The second kappa shape index (κ2) is 9.17. The van der Waals surface area contributed by atoms with Gasteiger partial charge in [-0.25, -0.2) is 0 Å². The van der Waals surface area contributed by atoms with Crippen LogP contribution in [0.5, 0.6) is 23.0 Å². The number of hydrogen-bond acceptors (Lipinski definition) is 7. The van der Waals surface area contributed by atoms with Gasteiger partial charge in [0.1, 0.15) is 11.4 Å². The van der Waals surface area contributed by atoms with Crippen molar-refractivity contribution in [3.63, 3.8) is 0 Å². The van der Waals surface area contributed by atoms with E-state index in [0.717, 1.165) is 0 Å². The van der Waals surface area contributed by atoms with E-state index in [1.165, 1.54) is 33.5 Å². The molecule has 0 aromatic heterocycles. The lowest BCUT2D eigenvalue weighted by Gasteiger charge is -2.31. The zero-order valence-corrected chi connectivity index (χ0v) is 18.7. The van der Waals surface area contributed by atoms with Crippen molar-refractivity contribution in [2.24, 2.45) is 0 Å². The number of fused-ring (bicyclic) bond motifs is 1. The smallest absolute Gasteiger partial charge is 0.251 e. The number of hydrogen-bond donors (Lipinski definition) is 2. The van der Waals surface area contributed by atoms with Crippen molar-refractivity contribution in [3.05, 3.63) is 41.5 Å². The molecule has 9 nitrogen and oxygen atoms in total. The van der Waals surface area contributed by atoms with E-state index in [1.807, 2.05) is 13.8 Å². The van der Waals surface area contributed by atoms with Crippen molar-refractivity contribution in [1.29, 1.82) is 0 Å². The van der Waals surface area contributed by atoms with Crippen molar-refractivity contribution in [3.8, 4) is 23.0 Å². The van der Waals surface area contributed by atoms with E-state index in [4.69, 9.17) is 18.9 Å². The van der Waals surface area contributed by atoms with Gasteiger partial charge in [0.2, 0.25) is 11.7 Å². The number of rotatable bonds is 7. The fourth-order valence-electron chi connectivity index (χ4n) is 3.41. The van der Waals surface area contributed by atoms with E-state index >= 15 is 0 Å². The normalized spacial score (nSPS) is 14.0. The molecule has 2 amide bonds. The van der Waals surface area contributed by atoms with Gasteiger partial charge in [-0.2, -0.15) is 0 Å². The molecule has 0 radical (unpaired) electrons. The number of carbonyl (C=O) groups is 3. The lowest BCUT2D eigenvalue weighted by molar-refractivity contribution is -0.115. The highest BCUT2D eigenvalue weighted by Gasteiger charge is 2.32. The molecule has 2 aromatic carbocycles. The molecule has 1 aliphatic rings. The Balaban J connectivity index is 1.65. The van der Waals surface area contributed by atoms with E-state index in [1.54, 1.807) is 18.2 Å². The van der Waals surface area contributed by atoms with Crippen LogP contribution >= 0.6 is 0 Å². The summed E-state index contributed by atoms with van der Waals surface area (Å²) in [6.45, 7) is 3.42. The van der Waals surface area contributed by atoms with Crippen molar-refractivity contribution >= 4 is 23.3 Å². The maximum Gasteiger partial charge on any atom is 0.251 e. The number of carbonyl (C=O) groups excluding carboxylic acids is 3. The fraction of sp³-hybridized carbons (Fsp3) is 0.348. The van der Waals surface area contributed by atoms with E-state index in [0.29, 0.717) is 34.2 Å². The number of methoxy groups -OCH3 is 3. The van der Waals surface area contributed by atoms with Crippen LogP contribution in [-0.4, -0.2) is 51.1 Å². The number of ketones is 1. The standard InChI is InChI=1S/C23H26N2O7/c1-23(2)11-16(26)15-10-14(6-7-17(15)32-23)25-20(27)12-24-22(28)13-8-18(29-3)21(31-5)19(9-13)30-4/h6-10H,11-12H2,1-5H3,(H,24,28)(H,25,27). The molecular weight excluding hydrogens is 416 g/mol. The zero-order valence-electron chi connectivity index (χ0n) is 18.7. The average molecular weight is 442 g/mol. The van der Waals surface area contributed by atoms with Crippen molar-refractivity contribution < 1.29 is 33.3 Å². The lowest BCUT2D eigenvalue weighted by atomic mass is 9.93. The van der Waals surface area contributed by atoms with Gasteiger partial charge in [-0.3, -0.25) is 14.4 Å². The van der Waals surface area contributed by atoms with E-state index in [2.05, 4.69) is 10.6 Å². The molecule has 0 atom stereocenters. The summed E-state index contributed by atoms with van der Waals surface area (Å²) in [5.74, 6) is 0.503. The highest BCUT2D eigenvalue weighted by molar-refractivity contribution is 6.03. The predicted octanol–water partition coefficient (Wildman–Crippen LogP) is 2.82. The number of ether oxygens (including phenoxy) is 4. The molecule has 0 bridgehead atoms. The van der Waals surface area contributed by atoms with Gasteiger partial charge in [-0.05, 0) is 44.2 Å². The van der Waals surface area contributed by atoms with Gasteiger partial charge >= 0.3 is 0 Å². The highest BCUT2D eigenvalue weighted by atomic mass is 16.5. The van der Waals surface area contributed by atoms with Crippen LogP contribution in [0.1, 0.15) is 41.0 Å². The van der Waals surface area contributed by atoms with Gasteiger partial charge in [-0.1, -0.05) is 0 Å². The number of benzene rings is 2. The van der Waals surface area contributed by atoms with Crippen LogP contribution in [0.4, 0.5) is 5.69 Å². The zero-order chi connectivity index (χ0) is 23.5. The number of Topliss-reactive ketones (excluding diaryl/α,β-unsaturated/α-hetero) is 1. The van der Waals surface area contributed by atoms with Crippen LogP contribution in [0, 0.1) is 0 Å². The molecule has 3 rings (SSSR count). The maximum atomic E-state index is 12.5. The van der Waals surface area contributed by atoms with Crippen molar-refractivity contribution in [1.82, 2.24) is 5.32 Å². The van der Waals surface area contributed by atoms with Gasteiger partial charge in [0.25, 0.3) is 5.91 Å². The second-order valence-corrected chi connectivity index (χ2v) is 7.82. The summed E-state index contributed by atoms with van der Waals surface area (Å²) >= 11 is 0. The fourth-order valence-corrected chi connectivity index (χ4v) is 3.41. The summed E-state index contributed by atoms with van der Waals surface area (Å²) in [5, 5.41) is 5.22.